The van der Waals surface area contributed by atoms with Gasteiger partial charge < -0.3 is 10.6 Å². The quantitative estimate of drug-likeness (QED) is 0.758. The van der Waals surface area contributed by atoms with Crippen molar-refractivity contribution in [3.8, 4) is 0 Å². The lowest BCUT2D eigenvalue weighted by Gasteiger charge is -2.22. The molecule has 0 atom stereocenters. The first-order valence-corrected chi connectivity index (χ1v) is 6.58. The molecule has 0 aromatic heterocycles. The Bertz CT molecular complexity index is 326. The Balaban J connectivity index is 1.61. The standard InChI is InChI=1S/C15H22N2/c1-2-5-14(6-3-1)7-4-10-17-13-15-8-11-16-12-9-15/h1-7,15-17H,8-13H2. The van der Waals surface area contributed by atoms with E-state index in [1.54, 1.807) is 0 Å². The van der Waals surface area contributed by atoms with Crippen molar-refractivity contribution >= 4 is 6.08 Å². The third-order valence-corrected chi connectivity index (χ3v) is 3.26. The molecule has 1 aromatic carbocycles. The smallest absolute Gasteiger partial charge is 0.0138 e. The molecule has 1 saturated heterocycles. The van der Waals surface area contributed by atoms with E-state index in [1.807, 2.05) is 6.07 Å². The van der Waals surface area contributed by atoms with Gasteiger partial charge >= 0.3 is 0 Å². The van der Waals surface area contributed by atoms with Crippen molar-refractivity contribution in [1.82, 2.24) is 10.6 Å². The summed E-state index contributed by atoms with van der Waals surface area (Å²) in [6.07, 6.45) is 7.01. The van der Waals surface area contributed by atoms with Gasteiger partial charge in [0.1, 0.15) is 0 Å². The van der Waals surface area contributed by atoms with Gasteiger partial charge in [-0.2, -0.15) is 0 Å². The number of rotatable bonds is 5. The van der Waals surface area contributed by atoms with Gasteiger partial charge in [-0.15, -0.1) is 0 Å². The lowest BCUT2D eigenvalue weighted by atomic mass is 9.98. The molecular weight excluding hydrogens is 208 g/mol. The van der Waals surface area contributed by atoms with E-state index in [1.165, 1.54) is 31.5 Å². The van der Waals surface area contributed by atoms with Gasteiger partial charge in [0.15, 0.2) is 0 Å². The molecule has 1 fully saturated rings. The molecule has 1 heterocycles. The molecule has 1 aliphatic rings. The van der Waals surface area contributed by atoms with Crippen LogP contribution in [0.4, 0.5) is 0 Å². The molecule has 2 rings (SSSR count). The Hall–Kier alpha value is -1.12. The highest BCUT2D eigenvalue weighted by atomic mass is 14.9. The average molecular weight is 230 g/mol. The molecule has 0 amide bonds. The summed E-state index contributed by atoms with van der Waals surface area (Å²) in [6.45, 7) is 4.50. The summed E-state index contributed by atoms with van der Waals surface area (Å²) >= 11 is 0. The highest BCUT2D eigenvalue weighted by Gasteiger charge is 2.11. The van der Waals surface area contributed by atoms with E-state index in [0.717, 1.165) is 19.0 Å². The van der Waals surface area contributed by atoms with E-state index < -0.39 is 0 Å². The summed E-state index contributed by atoms with van der Waals surface area (Å²) in [7, 11) is 0. The highest BCUT2D eigenvalue weighted by molar-refractivity contribution is 5.48. The molecule has 0 spiro atoms. The molecule has 2 N–H and O–H groups in total. The summed E-state index contributed by atoms with van der Waals surface area (Å²) in [6, 6.07) is 10.4. The Morgan fingerprint density at radius 1 is 1.18 bits per heavy atom. The first kappa shape index (κ1) is 12.3. The van der Waals surface area contributed by atoms with Crippen molar-refractivity contribution in [3.05, 3.63) is 42.0 Å². The molecule has 0 unspecified atom stereocenters. The minimum absolute atomic E-state index is 0.862. The number of piperidine rings is 1. The molecule has 1 aromatic rings. The molecule has 0 aliphatic carbocycles. The number of benzene rings is 1. The third-order valence-electron chi connectivity index (χ3n) is 3.26. The van der Waals surface area contributed by atoms with Gasteiger partial charge in [-0.05, 0) is 44.0 Å². The summed E-state index contributed by atoms with van der Waals surface area (Å²) in [5.41, 5.74) is 1.27. The Morgan fingerprint density at radius 2 is 1.94 bits per heavy atom. The van der Waals surface area contributed by atoms with Gasteiger partial charge in [-0.1, -0.05) is 42.5 Å². The van der Waals surface area contributed by atoms with Crippen molar-refractivity contribution in [3.63, 3.8) is 0 Å². The minimum atomic E-state index is 0.862. The SMILES string of the molecule is C(=Cc1ccccc1)CNCC1CCNCC1. The van der Waals surface area contributed by atoms with E-state index in [9.17, 15) is 0 Å². The van der Waals surface area contributed by atoms with Crippen LogP contribution in [0.2, 0.25) is 0 Å². The molecule has 2 heteroatoms. The molecular formula is C15H22N2. The largest absolute Gasteiger partial charge is 0.317 e. The van der Waals surface area contributed by atoms with Crippen LogP contribution in [0.25, 0.3) is 6.08 Å². The lowest BCUT2D eigenvalue weighted by Crippen LogP contribution is -2.33. The zero-order valence-corrected chi connectivity index (χ0v) is 10.4. The maximum Gasteiger partial charge on any atom is 0.0138 e. The number of hydrogen-bond acceptors (Lipinski definition) is 2. The van der Waals surface area contributed by atoms with Gasteiger partial charge in [0.05, 0.1) is 0 Å². The van der Waals surface area contributed by atoms with E-state index >= 15 is 0 Å². The highest BCUT2D eigenvalue weighted by Crippen LogP contribution is 2.09. The van der Waals surface area contributed by atoms with Gasteiger partial charge in [-0.25, -0.2) is 0 Å². The molecule has 17 heavy (non-hydrogen) atoms. The van der Waals surface area contributed by atoms with Gasteiger partial charge in [0, 0.05) is 6.54 Å². The number of nitrogens with one attached hydrogen (secondary N) is 2. The van der Waals surface area contributed by atoms with Crippen molar-refractivity contribution in [2.45, 2.75) is 12.8 Å². The first-order chi connectivity index (χ1) is 8.45. The van der Waals surface area contributed by atoms with E-state index in [4.69, 9.17) is 0 Å². The van der Waals surface area contributed by atoms with E-state index in [-0.39, 0.29) is 0 Å². The van der Waals surface area contributed by atoms with Gasteiger partial charge in [0.25, 0.3) is 0 Å². The molecule has 1 aliphatic heterocycles. The second-order valence-corrected chi connectivity index (χ2v) is 4.66. The van der Waals surface area contributed by atoms with Crippen molar-refractivity contribution in [1.29, 1.82) is 0 Å². The van der Waals surface area contributed by atoms with Crippen LogP contribution in [-0.2, 0) is 0 Å². The lowest BCUT2D eigenvalue weighted by molar-refractivity contribution is 0.361. The predicted octanol–water partition coefficient (Wildman–Crippen LogP) is 2.29. The second-order valence-electron chi connectivity index (χ2n) is 4.66. The monoisotopic (exact) mass is 230 g/mol. The summed E-state index contributed by atoms with van der Waals surface area (Å²) in [5, 5.41) is 6.91. The Kier molecular flexibility index (Phi) is 5.27. The van der Waals surface area contributed by atoms with Crippen LogP contribution in [0.3, 0.4) is 0 Å². The van der Waals surface area contributed by atoms with Crippen LogP contribution < -0.4 is 10.6 Å². The number of hydrogen-bond donors (Lipinski definition) is 2. The van der Waals surface area contributed by atoms with Crippen LogP contribution in [0, 0.1) is 5.92 Å². The summed E-state index contributed by atoms with van der Waals surface area (Å²) in [4.78, 5) is 0. The van der Waals surface area contributed by atoms with Crippen LogP contribution in [-0.4, -0.2) is 26.2 Å². The summed E-state index contributed by atoms with van der Waals surface area (Å²) in [5.74, 6) is 0.862. The van der Waals surface area contributed by atoms with Crippen molar-refractivity contribution in [2.75, 3.05) is 26.2 Å². The fraction of sp³-hybridized carbons (Fsp3) is 0.467. The normalized spacial score (nSPS) is 17.6. The maximum absolute atomic E-state index is 3.51. The van der Waals surface area contributed by atoms with Gasteiger partial charge in [-0.3, -0.25) is 0 Å². The van der Waals surface area contributed by atoms with Crippen LogP contribution in [0.1, 0.15) is 18.4 Å². The molecule has 0 saturated carbocycles. The fourth-order valence-electron chi connectivity index (χ4n) is 2.22. The molecule has 2 nitrogen and oxygen atoms in total. The maximum atomic E-state index is 3.51. The molecule has 0 radical (unpaired) electrons. The zero-order chi connectivity index (χ0) is 11.8. The van der Waals surface area contributed by atoms with E-state index in [2.05, 4.69) is 47.1 Å². The Labute approximate surface area is 104 Å². The van der Waals surface area contributed by atoms with Crippen LogP contribution >= 0.6 is 0 Å². The predicted molar refractivity (Wildman–Crippen MR) is 73.9 cm³/mol. The van der Waals surface area contributed by atoms with Crippen molar-refractivity contribution in [2.24, 2.45) is 5.92 Å². The third kappa shape index (κ3) is 4.72. The van der Waals surface area contributed by atoms with Crippen molar-refractivity contribution < 1.29 is 0 Å². The molecule has 0 bridgehead atoms. The zero-order valence-electron chi connectivity index (χ0n) is 10.4. The summed E-state index contributed by atoms with van der Waals surface area (Å²) < 4.78 is 0. The average Bonchev–Trinajstić information content (AvgIpc) is 2.41. The van der Waals surface area contributed by atoms with Gasteiger partial charge in [0.2, 0.25) is 0 Å². The van der Waals surface area contributed by atoms with Crippen LogP contribution in [0.5, 0.6) is 0 Å². The Morgan fingerprint density at radius 3 is 2.71 bits per heavy atom. The van der Waals surface area contributed by atoms with E-state index in [0.29, 0.717) is 0 Å². The fourth-order valence-corrected chi connectivity index (χ4v) is 2.22. The minimum Gasteiger partial charge on any atom is -0.317 e. The molecule has 92 valence electrons. The van der Waals surface area contributed by atoms with Crippen LogP contribution in [0.15, 0.2) is 36.4 Å². The topological polar surface area (TPSA) is 24.1 Å². The second kappa shape index (κ2) is 7.25. The first-order valence-electron chi connectivity index (χ1n) is 6.58.